The number of aryl methyl sites for hydroxylation is 1. The van der Waals surface area contributed by atoms with Crippen LogP contribution in [0.5, 0.6) is 0 Å². The molecule has 1 amide bonds. The third-order valence-corrected chi connectivity index (χ3v) is 5.91. The molecule has 0 aliphatic rings. The predicted molar refractivity (Wildman–Crippen MR) is 109 cm³/mol. The highest BCUT2D eigenvalue weighted by molar-refractivity contribution is 7.98. The number of rotatable bonds is 9. The molecule has 27 heavy (non-hydrogen) atoms. The van der Waals surface area contributed by atoms with Crippen LogP contribution >= 0.6 is 11.8 Å². The van der Waals surface area contributed by atoms with Gasteiger partial charge in [-0.1, -0.05) is 30.3 Å². The number of hydrogen-bond donors (Lipinski definition) is 1. The molecule has 5 nitrogen and oxygen atoms in total. The van der Waals surface area contributed by atoms with Gasteiger partial charge in [0.25, 0.3) is 0 Å². The Morgan fingerprint density at radius 1 is 1.19 bits per heavy atom. The zero-order chi connectivity index (χ0) is 19.9. The lowest BCUT2D eigenvalue weighted by molar-refractivity contribution is -0.119. The van der Waals surface area contributed by atoms with Gasteiger partial charge in [0, 0.05) is 18.1 Å². The van der Waals surface area contributed by atoms with Crippen molar-refractivity contribution >= 4 is 33.4 Å². The van der Waals surface area contributed by atoms with Gasteiger partial charge in [0.15, 0.2) is 0 Å². The van der Waals surface area contributed by atoms with E-state index in [2.05, 4.69) is 5.32 Å². The van der Waals surface area contributed by atoms with Crippen LogP contribution in [0.2, 0.25) is 0 Å². The molecule has 2 aromatic carbocycles. The van der Waals surface area contributed by atoms with Crippen molar-refractivity contribution in [1.82, 2.24) is 5.32 Å². The van der Waals surface area contributed by atoms with Gasteiger partial charge in [-0.05, 0) is 36.2 Å². The van der Waals surface area contributed by atoms with Gasteiger partial charge in [-0.2, -0.15) is 11.8 Å². The first kappa shape index (κ1) is 21.2. The van der Waals surface area contributed by atoms with Crippen molar-refractivity contribution in [2.24, 2.45) is 0 Å². The fourth-order valence-electron chi connectivity index (χ4n) is 2.43. The summed E-state index contributed by atoms with van der Waals surface area (Å²) < 4.78 is 38.7. The normalized spacial score (nSPS) is 11.2. The number of sulfonamides is 1. The first-order valence-corrected chi connectivity index (χ1v) is 11.4. The number of thioether (sulfide) groups is 1. The first-order chi connectivity index (χ1) is 12.8. The molecule has 2 aromatic rings. The van der Waals surface area contributed by atoms with Gasteiger partial charge in [-0.3, -0.25) is 9.10 Å². The molecule has 8 heteroatoms. The number of carbonyl (C=O) groups is 1. The van der Waals surface area contributed by atoms with Crippen molar-refractivity contribution < 1.29 is 17.6 Å². The standard InChI is InChI=1S/C19H23FN2O3S2/c1-15-6-5-8-17(12-15)22(27(2,24)25)13-19(23)21-10-11-26-14-16-7-3-4-9-18(16)20/h3-9,12H,10-11,13-14H2,1-2H3,(H,21,23). The van der Waals surface area contributed by atoms with Crippen molar-refractivity contribution in [1.29, 1.82) is 0 Å². The lowest BCUT2D eigenvalue weighted by Gasteiger charge is -2.22. The summed E-state index contributed by atoms with van der Waals surface area (Å²) in [6.07, 6.45) is 1.08. The molecule has 2 rings (SSSR count). The van der Waals surface area contributed by atoms with Gasteiger partial charge >= 0.3 is 0 Å². The summed E-state index contributed by atoms with van der Waals surface area (Å²) in [5.74, 6) is 0.495. The van der Waals surface area contributed by atoms with Crippen molar-refractivity contribution in [3.8, 4) is 0 Å². The van der Waals surface area contributed by atoms with Gasteiger partial charge in [0.1, 0.15) is 12.4 Å². The maximum atomic E-state index is 13.5. The van der Waals surface area contributed by atoms with Gasteiger partial charge < -0.3 is 5.32 Å². The molecule has 0 unspecified atom stereocenters. The minimum absolute atomic E-state index is 0.240. The molecule has 0 fully saturated rings. The molecule has 0 aromatic heterocycles. The highest BCUT2D eigenvalue weighted by atomic mass is 32.2. The fraction of sp³-hybridized carbons (Fsp3) is 0.316. The van der Waals surface area contributed by atoms with E-state index in [0.29, 0.717) is 29.3 Å². The summed E-state index contributed by atoms with van der Waals surface area (Å²) in [5.41, 5.74) is 1.99. The summed E-state index contributed by atoms with van der Waals surface area (Å²) in [6, 6.07) is 13.6. The summed E-state index contributed by atoms with van der Waals surface area (Å²) in [4.78, 5) is 12.2. The Hall–Kier alpha value is -2.06. The lowest BCUT2D eigenvalue weighted by atomic mass is 10.2. The lowest BCUT2D eigenvalue weighted by Crippen LogP contribution is -2.41. The Bertz CT molecular complexity index is 888. The monoisotopic (exact) mass is 410 g/mol. The molecular formula is C19H23FN2O3S2. The number of nitrogens with zero attached hydrogens (tertiary/aromatic N) is 1. The Morgan fingerprint density at radius 3 is 2.59 bits per heavy atom. The summed E-state index contributed by atoms with van der Waals surface area (Å²) >= 11 is 1.50. The quantitative estimate of drug-likeness (QED) is 0.646. The van der Waals surface area contributed by atoms with Crippen LogP contribution in [0.1, 0.15) is 11.1 Å². The van der Waals surface area contributed by atoms with Crippen LogP contribution < -0.4 is 9.62 Å². The second kappa shape index (κ2) is 9.75. The molecule has 0 aliphatic carbocycles. The molecule has 0 spiro atoms. The third kappa shape index (κ3) is 6.88. The highest BCUT2D eigenvalue weighted by Gasteiger charge is 2.20. The number of anilines is 1. The van der Waals surface area contributed by atoms with Crippen molar-refractivity contribution in [3.05, 3.63) is 65.5 Å². The third-order valence-electron chi connectivity index (χ3n) is 3.76. The summed E-state index contributed by atoms with van der Waals surface area (Å²) in [5, 5.41) is 2.71. The number of carbonyl (C=O) groups excluding carboxylic acids is 1. The van der Waals surface area contributed by atoms with Crippen LogP contribution in [0.25, 0.3) is 0 Å². The second-order valence-corrected chi connectivity index (χ2v) is 9.11. The Morgan fingerprint density at radius 2 is 1.93 bits per heavy atom. The number of benzene rings is 2. The van der Waals surface area contributed by atoms with Gasteiger partial charge in [-0.25, -0.2) is 12.8 Å². The molecule has 0 heterocycles. The molecule has 0 bridgehead atoms. The molecule has 1 N–H and O–H groups in total. The maximum Gasteiger partial charge on any atom is 0.240 e. The minimum atomic E-state index is -3.58. The van der Waals surface area contributed by atoms with Crippen molar-refractivity contribution in [3.63, 3.8) is 0 Å². The fourth-order valence-corrected chi connectivity index (χ4v) is 4.12. The van der Waals surface area contributed by atoms with Crippen LogP contribution in [0.3, 0.4) is 0 Å². The number of hydrogen-bond acceptors (Lipinski definition) is 4. The van der Waals surface area contributed by atoms with Crippen LogP contribution in [0, 0.1) is 12.7 Å². The van der Waals surface area contributed by atoms with E-state index in [1.165, 1.54) is 17.8 Å². The number of amides is 1. The number of nitrogens with one attached hydrogen (secondary N) is 1. The van der Waals surface area contributed by atoms with Gasteiger partial charge in [-0.15, -0.1) is 0 Å². The van der Waals surface area contributed by atoms with E-state index >= 15 is 0 Å². The molecule has 0 atom stereocenters. The Balaban J connectivity index is 1.83. The van der Waals surface area contributed by atoms with Crippen LogP contribution in [0.15, 0.2) is 48.5 Å². The average Bonchev–Trinajstić information content (AvgIpc) is 2.60. The number of halogens is 1. The van der Waals surface area contributed by atoms with Crippen molar-refractivity contribution in [2.75, 3.05) is 29.4 Å². The molecule has 0 aliphatic heterocycles. The molecule has 0 saturated carbocycles. The highest BCUT2D eigenvalue weighted by Crippen LogP contribution is 2.18. The topological polar surface area (TPSA) is 66.5 Å². The van der Waals surface area contributed by atoms with Crippen molar-refractivity contribution in [2.45, 2.75) is 12.7 Å². The van der Waals surface area contributed by atoms with E-state index in [0.717, 1.165) is 16.1 Å². The van der Waals surface area contributed by atoms with E-state index < -0.39 is 10.0 Å². The molecule has 0 radical (unpaired) electrons. The zero-order valence-corrected chi connectivity index (χ0v) is 16.9. The van der Waals surface area contributed by atoms with Gasteiger partial charge in [0.2, 0.25) is 15.9 Å². The zero-order valence-electron chi connectivity index (χ0n) is 15.3. The van der Waals surface area contributed by atoms with E-state index in [1.54, 1.807) is 36.4 Å². The smallest absolute Gasteiger partial charge is 0.240 e. The SMILES string of the molecule is Cc1cccc(N(CC(=O)NCCSCc2ccccc2F)S(C)(=O)=O)c1. The molecular weight excluding hydrogens is 387 g/mol. The van der Waals surface area contributed by atoms with E-state index in [4.69, 9.17) is 0 Å². The second-order valence-electron chi connectivity index (χ2n) is 6.10. The largest absolute Gasteiger partial charge is 0.354 e. The molecule has 146 valence electrons. The summed E-state index contributed by atoms with van der Waals surface area (Å²) in [6.45, 7) is 1.96. The minimum Gasteiger partial charge on any atom is -0.354 e. The summed E-state index contributed by atoms with van der Waals surface area (Å²) in [7, 11) is -3.58. The van der Waals surface area contributed by atoms with Crippen LogP contribution in [-0.2, 0) is 20.6 Å². The van der Waals surface area contributed by atoms with Gasteiger partial charge in [0.05, 0.1) is 11.9 Å². The maximum absolute atomic E-state index is 13.5. The predicted octanol–water partition coefficient (Wildman–Crippen LogP) is 2.95. The van der Waals surface area contributed by atoms with Crippen LogP contribution in [-0.4, -0.2) is 39.4 Å². The van der Waals surface area contributed by atoms with E-state index in [9.17, 15) is 17.6 Å². The van der Waals surface area contributed by atoms with E-state index in [1.807, 2.05) is 13.0 Å². The van der Waals surface area contributed by atoms with E-state index in [-0.39, 0.29) is 18.3 Å². The first-order valence-electron chi connectivity index (χ1n) is 8.39. The Kier molecular flexibility index (Phi) is 7.67. The Labute approximate surface area is 164 Å². The average molecular weight is 411 g/mol. The van der Waals surface area contributed by atoms with Crippen LogP contribution in [0.4, 0.5) is 10.1 Å². The molecule has 0 saturated heterocycles.